The standard InChI is InChI=1S/C11H19N3OS/c1-11(2,3)10-13-9(14-15-10)6-12-8-4-5-16-7-8/h8,12H,4-7H2,1-3H3. The van der Waals surface area contributed by atoms with Crippen LogP contribution >= 0.6 is 11.8 Å². The minimum atomic E-state index is -0.0611. The molecule has 0 aliphatic carbocycles. The van der Waals surface area contributed by atoms with Crippen LogP contribution in [0.25, 0.3) is 0 Å². The molecule has 4 nitrogen and oxygen atoms in total. The minimum absolute atomic E-state index is 0.0611. The molecule has 1 aromatic heterocycles. The van der Waals surface area contributed by atoms with E-state index < -0.39 is 0 Å². The Morgan fingerprint density at radius 1 is 1.50 bits per heavy atom. The fourth-order valence-electron chi connectivity index (χ4n) is 1.56. The van der Waals surface area contributed by atoms with E-state index in [9.17, 15) is 0 Å². The van der Waals surface area contributed by atoms with Crippen molar-refractivity contribution in [2.45, 2.75) is 45.2 Å². The van der Waals surface area contributed by atoms with Crippen LogP contribution in [0.3, 0.4) is 0 Å². The van der Waals surface area contributed by atoms with Gasteiger partial charge in [-0.15, -0.1) is 0 Å². The molecule has 0 saturated carbocycles. The van der Waals surface area contributed by atoms with Gasteiger partial charge in [-0.25, -0.2) is 0 Å². The van der Waals surface area contributed by atoms with Crippen LogP contribution in [0.5, 0.6) is 0 Å². The van der Waals surface area contributed by atoms with Crippen molar-refractivity contribution in [2.75, 3.05) is 11.5 Å². The molecule has 90 valence electrons. The van der Waals surface area contributed by atoms with Gasteiger partial charge in [0.2, 0.25) is 5.89 Å². The molecule has 1 N–H and O–H groups in total. The van der Waals surface area contributed by atoms with E-state index >= 15 is 0 Å². The number of hydrogen-bond acceptors (Lipinski definition) is 5. The summed E-state index contributed by atoms with van der Waals surface area (Å²) in [5.74, 6) is 3.94. The van der Waals surface area contributed by atoms with E-state index in [4.69, 9.17) is 4.52 Å². The smallest absolute Gasteiger partial charge is 0.232 e. The Bertz CT molecular complexity index is 339. The molecule has 1 unspecified atom stereocenters. The first-order valence-electron chi connectivity index (χ1n) is 5.70. The molecule has 1 aliphatic rings. The molecule has 5 heteroatoms. The summed E-state index contributed by atoms with van der Waals surface area (Å²) in [6, 6.07) is 0.613. The summed E-state index contributed by atoms with van der Waals surface area (Å²) < 4.78 is 5.24. The van der Waals surface area contributed by atoms with Gasteiger partial charge in [0, 0.05) is 17.2 Å². The lowest BCUT2D eigenvalue weighted by atomic mass is 9.97. The molecule has 0 spiro atoms. The van der Waals surface area contributed by atoms with Crippen LogP contribution in [0, 0.1) is 0 Å². The van der Waals surface area contributed by atoms with Crippen molar-refractivity contribution in [1.29, 1.82) is 0 Å². The molecule has 1 atom stereocenters. The van der Waals surface area contributed by atoms with Gasteiger partial charge >= 0.3 is 0 Å². The van der Waals surface area contributed by atoms with Crippen molar-refractivity contribution >= 4 is 11.8 Å². The Morgan fingerprint density at radius 3 is 2.88 bits per heavy atom. The van der Waals surface area contributed by atoms with Crippen LogP contribution in [-0.2, 0) is 12.0 Å². The second-order valence-corrected chi connectivity index (χ2v) is 6.36. The van der Waals surface area contributed by atoms with E-state index in [-0.39, 0.29) is 5.41 Å². The third kappa shape index (κ3) is 2.98. The van der Waals surface area contributed by atoms with Gasteiger partial charge in [-0.1, -0.05) is 25.9 Å². The van der Waals surface area contributed by atoms with E-state index in [0.29, 0.717) is 18.5 Å². The van der Waals surface area contributed by atoms with Crippen LogP contribution in [0.15, 0.2) is 4.52 Å². The highest BCUT2D eigenvalue weighted by Gasteiger charge is 2.22. The number of nitrogens with zero attached hydrogens (tertiary/aromatic N) is 2. The molecular formula is C11H19N3OS. The Labute approximate surface area is 101 Å². The molecule has 1 saturated heterocycles. The Balaban J connectivity index is 1.87. The van der Waals surface area contributed by atoms with Gasteiger partial charge in [0.1, 0.15) is 0 Å². The van der Waals surface area contributed by atoms with E-state index in [1.54, 1.807) is 0 Å². The predicted molar refractivity (Wildman–Crippen MR) is 65.6 cm³/mol. The van der Waals surface area contributed by atoms with E-state index in [0.717, 1.165) is 5.82 Å². The van der Waals surface area contributed by atoms with Gasteiger partial charge in [-0.2, -0.15) is 16.7 Å². The average Bonchev–Trinajstić information content (AvgIpc) is 2.85. The number of thioether (sulfide) groups is 1. The van der Waals surface area contributed by atoms with Crippen molar-refractivity contribution in [2.24, 2.45) is 0 Å². The first kappa shape index (κ1) is 11.9. The zero-order chi connectivity index (χ0) is 11.6. The maximum absolute atomic E-state index is 5.24. The van der Waals surface area contributed by atoms with Crippen molar-refractivity contribution in [3.05, 3.63) is 11.7 Å². The summed E-state index contributed by atoms with van der Waals surface area (Å²) in [5.41, 5.74) is -0.0611. The number of hydrogen-bond donors (Lipinski definition) is 1. The van der Waals surface area contributed by atoms with Crippen molar-refractivity contribution < 1.29 is 4.52 Å². The van der Waals surface area contributed by atoms with Gasteiger partial charge in [0.15, 0.2) is 5.82 Å². The minimum Gasteiger partial charge on any atom is -0.339 e. The highest BCUT2D eigenvalue weighted by molar-refractivity contribution is 7.99. The summed E-state index contributed by atoms with van der Waals surface area (Å²) in [5, 5.41) is 7.45. The maximum Gasteiger partial charge on any atom is 0.232 e. The molecule has 1 fully saturated rings. The summed E-state index contributed by atoms with van der Waals surface area (Å²) in [6.45, 7) is 6.94. The largest absolute Gasteiger partial charge is 0.339 e. The fraction of sp³-hybridized carbons (Fsp3) is 0.818. The summed E-state index contributed by atoms with van der Waals surface area (Å²) >= 11 is 2.00. The maximum atomic E-state index is 5.24. The Morgan fingerprint density at radius 2 is 2.31 bits per heavy atom. The lowest BCUT2D eigenvalue weighted by molar-refractivity contribution is 0.317. The molecule has 2 heterocycles. The SMILES string of the molecule is CC(C)(C)c1nc(CNC2CCSC2)no1. The molecular weight excluding hydrogens is 222 g/mol. The molecule has 0 amide bonds. The van der Waals surface area contributed by atoms with E-state index in [2.05, 4.69) is 36.2 Å². The van der Waals surface area contributed by atoms with E-state index in [1.807, 2.05) is 11.8 Å². The van der Waals surface area contributed by atoms with Crippen LogP contribution in [0.1, 0.15) is 38.9 Å². The molecule has 2 rings (SSSR count). The molecule has 0 aromatic carbocycles. The van der Waals surface area contributed by atoms with Crippen molar-refractivity contribution in [3.63, 3.8) is 0 Å². The lowest BCUT2D eigenvalue weighted by Crippen LogP contribution is -2.28. The number of aromatic nitrogens is 2. The van der Waals surface area contributed by atoms with Gasteiger partial charge in [0.25, 0.3) is 0 Å². The van der Waals surface area contributed by atoms with Gasteiger partial charge in [-0.3, -0.25) is 0 Å². The first-order chi connectivity index (χ1) is 7.55. The van der Waals surface area contributed by atoms with Gasteiger partial charge < -0.3 is 9.84 Å². The quantitative estimate of drug-likeness (QED) is 0.876. The van der Waals surface area contributed by atoms with Crippen molar-refractivity contribution in [1.82, 2.24) is 15.5 Å². The zero-order valence-electron chi connectivity index (χ0n) is 10.1. The normalized spacial score (nSPS) is 21.6. The topological polar surface area (TPSA) is 51.0 Å². The summed E-state index contributed by atoms with van der Waals surface area (Å²) in [6.07, 6.45) is 1.24. The summed E-state index contributed by atoms with van der Waals surface area (Å²) in [7, 11) is 0. The number of rotatable bonds is 3. The second kappa shape index (κ2) is 4.75. The third-order valence-electron chi connectivity index (χ3n) is 2.59. The van der Waals surface area contributed by atoms with Crippen LogP contribution < -0.4 is 5.32 Å². The van der Waals surface area contributed by atoms with Crippen molar-refractivity contribution in [3.8, 4) is 0 Å². The zero-order valence-corrected chi connectivity index (χ0v) is 10.9. The highest BCUT2D eigenvalue weighted by Crippen LogP contribution is 2.20. The summed E-state index contributed by atoms with van der Waals surface area (Å²) in [4.78, 5) is 4.40. The highest BCUT2D eigenvalue weighted by atomic mass is 32.2. The molecule has 0 bridgehead atoms. The fourth-order valence-corrected chi connectivity index (χ4v) is 2.75. The number of nitrogens with one attached hydrogen (secondary N) is 1. The third-order valence-corrected chi connectivity index (χ3v) is 3.75. The van der Waals surface area contributed by atoms with Crippen LogP contribution in [0.2, 0.25) is 0 Å². The van der Waals surface area contributed by atoms with E-state index in [1.165, 1.54) is 17.9 Å². The lowest BCUT2D eigenvalue weighted by Gasteiger charge is -2.10. The second-order valence-electron chi connectivity index (χ2n) is 5.21. The Kier molecular flexibility index (Phi) is 3.54. The van der Waals surface area contributed by atoms with Crippen LogP contribution in [-0.4, -0.2) is 27.7 Å². The molecule has 0 radical (unpaired) electrons. The van der Waals surface area contributed by atoms with Crippen LogP contribution in [0.4, 0.5) is 0 Å². The van der Waals surface area contributed by atoms with Gasteiger partial charge in [-0.05, 0) is 12.2 Å². The van der Waals surface area contributed by atoms with Gasteiger partial charge in [0.05, 0.1) is 6.54 Å². The first-order valence-corrected chi connectivity index (χ1v) is 6.85. The molecule has 1 aliphatic heterocycles. The Hall–Kier alpha value is -0.550. The monoisotopic (exact) mass is 241 g/mol. The average molecular weight is 241 g/mol. The molecule has 16 heavy (non-hydrogen) atoms. The predicted octanol–water partition coefficient (Wildman–Crippen LogP) is 1.96. The molecule has 1 aromatic rings.